The molecule has 2 aromatic rings. The van der Waals surface area contributed by atoms with Crippen LogP contribution in [0.3, 0.4) is 0 Å². The quantitative estimate of drug-likeness (QED) is 0.561. The SMILES string of the molecule is COc1cc(N2CCOCC2)ccc1/C=C(/C#N)C(=O)Nc1ccc(Cl)cc1Cl. The van der Waals surface area contributed by atoms with Crippen LogP contribution < -0.4 is 15.0 Å². The predicted octanol–water partition coefficient (Wildman–Crippen LogP) is 4.38. The van der Waals surface area contributed by atoms with E-state index in [0.717, 1.165) is 18.8 Å². The number of carbonyl (C=O) groups is 1. The Kier molecular flexibility index (Phi) is 6.99. The molecule has 150 valence electrons. The zero-order valence-corrected chi connectivity index (χ0v) is 17.3. The molecule has 1 amide bonds. The molecule has 0 spiro atoms. The average molecular weight is 432 g/mol. The lowest BCUT2D eigenvalue weighted by Crippen LogP contribution is -2.36. The monoisotopic (exact) mass is 431 g/mol. The summed E-state index contributed by atoms with van der Waals surface area (Å²) >= 11 is 12.0. The lowest BCUT2D eigenvalue weighted by atomic mass is 10.1. The summed E-state index contributed by atoms with van der Waals surface area (Å²) in [5, 5.41) is 12.8. The van der Waals surface area contributed by atoms with Gasteiger partial charge in [-0.1, -0.05) is 23.2 Å². The lowest BCUT2D eigenvalue weighted by molar-refractivity contribution is -0.112. The first-order valence-electron chi connectivity index (χ1n) is 8.90. The number of hydrogen-bond acceptors (Lipinski definition) is 5. The van der Waals surface area contributed by atoms with Crippen molar-refractivity contribution in [2.75, 3.05) is 43.6 Å². The Bertz CT molecular complexity index is 980. The van der Waals surface area contributed by atoms with Gasteiger partial charge in [-0.3, -0.25) is 4.79 Å². The van der Waals surface area contributed by atoms with Gasteiger partial charge in [-0.25, -0.2) is 0 Å². The number of hydrogen-bond donors (Lipinski definition) is 1. The van der Waals surface area contributed by atoms with Crippen molar-refractivity contribution < 1.29 is 14.3 Å². The maximum Gasteiger partial charge on any atom is 0.266 e. The summed E-state index contributed by atoms with van der Waals surface area (Å²) in [5.41, 5.74) is 1.92. The van der Waals surface area contributed by atoms with Gasteiger partial charge in [-0.2, -0.15) is 5.26 Å². The number of halogens is 2. The van der Waals surface area contributed by atoms with Crippen molar-refractivity contribution >= 4 is 46.6 Å². The molecular formula is C21H19Cl2N3O3. The second kappa shape index (κ2) is 9.66. The van der Waals surface area contributed by atoms with Crippen LogP contribution in [-0.2, 0) is 9.53 Å². The van der Waals surface area contributed by atoms with Crippen LogP contribution in [-0.4, -0.2) is 39.3 Å². The molecule has 1 heterocycles. The first kappa shape index (κ1) is 21.0. The van der Waals surface area contributed by atoms with Crippen molar-refractivity contribution in [2.24, 2.45) is 0 Å². The molecule has 2 aromatic carbocycles. The summed E-state index contributed by atoms with van der Waals surface area (Å²) in [6.45, 7) is 2.95. The van der Waals surface area contributed by atoms with E-state index in [9.17, 15) is 10.1 Å². The van der Waals surface area contributed by atoms with E-state index >= 15 is 0 Å². The largest absolute Gasteiger partial charge is 0.496 e. The van der Waals surface area contributed by atoms with Crippen molar-refractivity contribution in [3.63, 3.8) is 0 Å². The third-order valence-electron chi connectivity index (χ3n) is 4.44. The van der Waals surface area contributed by atoms with Crippen LogP contribution >= 0.6 is 23.2 Å². The maximum atomic E-state index is 12.5. The summed E-state index contributed by atoms with van der Waals surface area (Å²) in [6, 6.07) is 12.3. The number of ether oxygens (including phenoxy) is 2. The Morgan fingerprint density at radius 2 is 2.00 bits per heavy atom. The zero-order valence-electron chi connectivity index (χ0n) is 15.7. The molecule has 6 nitrogen and oxygen atoms in total. The highest BCUT2D eigenvalue weighted by atomic mass is 35.5. The number of carbonyl (C=O) groups excluding carboxylic acids is 1. The number of nitriles is 1. The van der Waals surface area contributed by atoms with E-state index in [4.69, 9.17) is 32.7 Å². The van der Waals surface area contributed by atoms with E-state index in [1.807, 2.05) is 24.3 Å². The molecule has 1 N–H and O–H groups in total. The topological polar surface area (TPSA) is 74.6 Å². The van der Waals surface area contributed by atoms with Crippen LogP contribution in [0.15, 0.2) is 42.0 Å². The molecule has 3 rings (SSSR count). The average Bonchev–Trinajstić information content (AvgIpc) is 2.74. The van der Waals surface area contributed by atoms with Crippen LogP contribution in [0.1, 0.15) is 5.56 Å². The maximum absolute atomic E-state index is 12.5. The van der Waals surface area contributed by atoms with Crippen molar-refractivity contribution in [3.8, 4) is 11.8 Å². The summed E-state index contributed by atoms with van der Waals surface area (Å²) < 4.78 is 10.9. The van der Waals surface area contributed by atoms with Crippen LogP contribution in [0.4, 0.5) is 11.4 Å². The number of morpholine rings is 1. The third-order valence-corrected chi connectivity index (χ3v) is 4.99. The molecule has 1 saturated heterocycles. The lowest BCUT2D eigenvalue weighted by Gasteiger charge is -2.29. The number of nitrogens with one attached hydrogen (secondary N) is 1. The fourth-order valence-electron chi connectivity index (χ4n) is 2.92. The second-order valence-corrected chi connectivity index (χ2v) is 7.12. The molecule has 0 atom stereocenters. The van der Waals surface area contributed by atoms with Gasteiger partial charge >= 0.3 is 0 Å². The Labute approximate surface area is 179 Å². The summed E-state index contributed by atoms with van der Waals surface area (Å²) in [6.07, 6.45) is 1.49. The molecule has 0 aromatic heterocycles. The molecule has 1 aliphatic rings. The predicted molar refractivity (Wildman–Crippen MR) is 115 cm³/mol. The fraction of sp³-hybridized carbons (Fsp3) is 0.238. The third kappa shape index (κ3) is 5.21. The Morgan fingerprint density at radius 3 is 2.66 bits per heavy atom. The first-order chi connectivity index (χ1) is 14.0. The van der Waals surface area contributed by atoms with E-state index in [0.29, 0.717) is 35.2 Å². The van der Waals surface area contributed by atoms with Gasteiger partial charge in [0, 0.05) is 35.4 Å². The van der Waals surface area contributed by atoms with Gasteiger partial charge in [-0.05, 0) is 36.4 Å². The number of benzene rings is 2. The minimum Gasteiger partial charge on any atom is -0.496 e. The summed E-state index contributed by atoms with van der Waals surface area (Å²) in [5.74, 6) is -0.00454. The summed E-state index contributed by atoms with van der Waals surface area (Å²) in [7, 11) is 1.55. The van der Waals surface area contributed by atoms with E-state index in [1.54, 1.807) is 19.2 Å². The van der Waals surface area contributed by atoms with E-state index in [-0.39, 0.29) is 10.6 Å². The van der Waals surface area contributed by atoms with Gasteiger partial charge in [0.2, 0.25) is 0 Å². The normalized spacial score (nSPS) is 14.3. The van der Waals surface area contributed by atoms with Crippen molar-refractivity contribution in [2.45, 2.75) is 0 Å². The summed E-state index contributed by atoms with van der Waals surface area (Å²) in [4.78, 5) is 14.7. The second-order valence-electron chi connectivity index (χ2n) is 6.27. The van der Waals surface area contributed by atoms with Gasteiger partial charge in [-0.15, -0.1) is 0 Å². The van der Waals surface area contributed by atoms with Crippen LogP contribution in [0, 0.1) is 11.3 Å². The number of methoxy groups -OCH3 is 1. The molecule has 0 aliphatic carbocycles. The minimum absolute atomic E-state index is 0.0755. The van der Waals surface area contributed by atoms with Crippen LogP contribution in [0.2, 0.25) is 10.0 Å². The van der Waals surface area contributed by atoms with Gasteiger partial charge in [0.15, 0.2) is 0 Å². The molecule has 0 unspecified atom stereocenters. The number of anilines is 2. The number of amides is 1. The number of nitrogens with zero attached hydrogens (tertiary/aromatic N) is 2. The van der Waals surface area contributed by atoms with Gasteiger partial charge in [0.1, 0.15) is 17.4 Å². The minimum atomic E-state index is -0.573. The van der Waals surface area contributed by atoms with Crippen LogP contribution in [0.25, 0.3) is 6.08 Å². The number of rotatable bonds is 5. The molecule has 29 heavy (non-hydrogen) atoms. The molecule has 0 bridgehead atoms. The van der Waals surface area contributed by atoms with Crippen molar-refractivity contribution in [3.05, 3.63) is 57.6 Å². The molecule has 8 heteroatoms. The molecule has 1 aliphatic heterocycles. The Hall–Kier alpha value is -2.72. The van der Waals surface area contributed by atoms with E-state index in [2.05, 4.69) is 10.2 Å². The van der Waals surface area contributed by atoms with E-state index in [1.165, 1.54) is 12.1 Å². The van der Waals surface area contributed by atoms with Gasteiger partial charge < -0.3 is 19.7 Å². The zero-order chi connectivity index (χ0) is 20.8. The smallest absolute Gasteiger partial charge is 0.266 e. The molecule has 0 saturated carbocycles. The standard InChI is InChI=1S/C21H19Cl2N3O3/c1-28-20-12-17(26-6-8-29-9-7-26)4-2-14(20)10-15(13-24)21(27)25-19-5-3-16(22)11-18(19)23/h2-5,10-12H,6-9H2,1H3,(H,25,27)/b15-10-. The molecule has 0 radical (unpaired) electrons. The van der Waals surface area contributed by atoms with Crippen molar-refractivity contribution in [1.29, 1.82) is 5.26 Å². The highest BCUT2D eigenvalue weighted by Gasteiger charge is 2.16. The molecule has 1 fully saturated rings. The highest BCUT2D eigenvalue weighted by Crippen LogP contribution is 2.29. The first-order valence-corrected chi connectivity index (χ1v) is 9.66. The molecular weight excluding hydrogens is 413 g/mol. The van der Waals surface area contributed by atoms with Crippen LogP contribution in [0.5, 0.6) is 5.75 Å². The van der Waals surface area contributed by atoms with Crippen molar-refractivity contribution in [1.82, 2.24) is 0 Å². The van der Waals surface area contributed by atoms with Gasteiger partial charge in [0.05, 0.1) is 31.0 Å². The highest BCUT2D eigenvalue weighted by molar-refractivity contribution is 6.36. The Balaban J connectivity index is 1.83. The van der Waals surface area contributed by atoms with Gasteiger partial charge in [0.25, 0.3) is 5.91 Å². The van der Waals surface area contributed by atoms with E-state index < -0.39 is 5.91 Å². The fourth-order valence-corrected chi connectivity index (χ4v) is 3.38. The Morgan fingerprint density at radius 1 is 1.24 bits per heavy atom.